The molecular weight excluding hydrogens is 259 g/mol. The molecule has 0 bridgehead atoms. The van der Waals surface area contributed by atoms with Gasteiger partial charge in [-0.1, -0.05) is 17.3 Å². The summed E-state index contributed by atoms with van der Waals surface area (Å²) in [6.07, 6.45) is 0. The van der Waals surface area contributed by atoms with Crippen molar-refractivity contribution in [3.8, 4) is 28.6 Å². The minimum atomic E-state index is -0.307. The fourth-order valence-electron chi connectivity index (χ4n) is 1.87. The van der Waals surface area contributed by atoms with E-state index in [1.807, 2.05) is 24.3 Å². The van der Waals surface area contributed by atoms with Crippen LogP contribution in [-0.2, 0) is 0 Å². The second-order valence-electron chi connectivity index (χ2n) is 4.13. The third kappa shape index (κ3) is 2.25. The first-order valence-electron chi connectivity index (χ1n) is 6.01. The molecule has 5 heteroatoms. The van der Waals surface area contributed by atoms with Gasteiger partial charge < -0.3 is 9.26 Å². The normalized spacial score (nSPS) is 10.5. The molecule has 0 aliphatic carbocycles. The average molecular weight is 270 g/mol. The highest BCUT2D eigenvalue weighted by Crippen LogP contribution is 2.29. The van der Waals surface area contributed by atoms with Crippen molar-refractivity contribution in [2.45, 2.75) is 0 Å². The predicted octanol–water partition coefficient (Wildman–Crippen LogP) is 3.55. The first-order chi connectivity index (χ1) is 9.78. The Labute approximate surface area is 114 Å². The van der Waals surface area contributed by atoms with Gasteiger partial charge in [-0.15, -0.1) is 0 Å². The summed E-state index contributed by atoms with van der Waals surface area (Å²) in [5.74, 6) is 1.13. The fraction of sp³-hybridized carbons (Fsp3) is 0.0667. The number of nitrogens with zero attached hydrogens (tertiary/aromatic N) is 2. The molecule has 1 aromatic heterocycles. The molecule has 3 aromatic rings. The number of methoxy groups -OCH3 is 1. The van der Waals surface area contributed by atoms with E-state index in [9.17, 15) is 4.39 Å². The van der Waals surface area contributed by atoms with E-state index < -0.39 is 0 Å². The van der Waals surface area contributed by atoms with E-state index in [1.54, 1.807) is 19.2 Å². The zero-order valence-corrected chi connectivity index (χ0v) is 10.7. The van der Waals surface area contributed by atoms with E-state index in [4.69, 9.17) is 9.26 Å². The Bertz CT molecular complexity index is 723. The smallest absolute Gasteiger partial charge is 0.258 e. The molecule has 3 rings (SSSR count). The van der Waals surface area contributed by atoms with E-state index >= 15 is 0 Å². The van der Waals surface area contributed by atoms with Gasteiger partial charge >= 0.3 is 0 Å². The van der Waals surface area contributed by atoms with Gasteiger partial charge in [0.25, 0.3) is 5.89 Å². The zero-order valence-electron chi connectivity index (χ0n) is 10.7. The molecule has 0 saturated heterocycles. The summed E-state index contributed by atoms with van der Waals surface area (Å²) < 4.78 is 23.4. The first-order valence-corrected chi connectivity index (χ1v) is 6.01. The van der Waals surface area contributed by atoms with Crippen molar-refractivity contribution in [3.05, 3.63) is 54.3 Å². The summed E-state index contributed by atoms with van der Waals surface area (Å²) in [4.78, 5) is 4.31. The van der Waals surface area contributed by atoms with Crippen molar-refractivity contribution in [1.82, 2.24) is 10.1 Å². The monoisotopic (exact) mass is 270 g/mol. The zero-order chi connectivity index (χ0) is 13.9. The van der Waals surface area contributed by atoms with E-state index in [0.717, 1.165) is 5.56 Å². The molecule has 0 amide bonds. The summed E-state index contributed by atoms with van der Waals surface area (Å²) >= 11 is 0. The van der Waals surface area contributed by atoms with Gasteiger partial charge in [0.15, 0.2) is 0 Å². The molecule has 0 atom stereocenters. The van der Waals surface area contributed by atoms with Crippen LogP contribution in [0.1, 0.15) is 0 Å². The molecule has 0 spiro atoms. The van der Waals surface area contributed by atoms with Crippen LogP contribution < -0.4 is 4.74 Å². The van der Waals surface area contributed by atoms with Crippen LogP contribution in [0.4, 0.5) is 4.39 Å². The predicted molar refractivity (Wildman–Crippen MR) is 71.7 cm³/mol. The lowest BCUT2D eigenvalue weighted by atomic mass is 10.2. The molecule has 0 saturated carbocycles. The summed E-state index contributed by atoms with van der Waals surface area (Å²) in [6, 6.07) is 13.3. The second-order valence-corrected chi connectivity index (χ2v) is 4.13. The van der Waals surface area contributed by atoms with Crippen LogP contribution in [0.5, 0.6) is 5.75 Å². The Morgan fingerprint density at radius 2 is 1.80 bits per heavy atom. The van der Waals surface area contributed by atoms with Gasteiger partial charge in [0, 0.05) is 5.56 Å². The number of halogens is 1. The van der Waals surface area contributed by atoms with Gasteiger partial charge in [-0.2, -0.15) is 4.98 Å². The molecule has 0 radical (unpaired) electrons. The third-order valence-corrected chi connectivity index (χ3v) is 2.87. The van der Waals surface area contributed by atoms with Crippen molar-refractivity contribution in [1.29, 1.82) is 0 Å². The maximum Gasteiger partial charge on any atom is 0.258 e. The minimum Gasteiger partial charge on any atom is -0.496 e. The van der Waals surface area contributed by atoms with Crippen LogP contribution in [0.15, 0.2) is 53.1 Å². The number of hydrogen-bond acceptors (Lipinski definition) is 4. The van der Waals surface area contributed by atoms with E-state index in [1.165, 1.54) is 12.1 Å². The maximum atomic E-state index is 12.9. The van der Waals surface area contributed by atoms with Gasteiger partial charge in [-0.05, 0) is 36.4 Å². The summed E-state index contributed by atoms with van der Waals surface area (Å²) in [7, 11) is 1.58. The largest absolute Gasteiger partial charge is 0.496 e. The highest BCUT2D eigenvalue weighted by atomic mass is 19.1. The fourth-order valence-corrected chi connectivity index (χ4v) is 1.87. The number of rotatable bonds is 3. The average Bonchev–Trinajstić information content (AvgIpc) is 2.97. The summed E-state index contributed by atoms with van der Waals surface area (Å²) in [5, 5.41) is 3.93. The molecule has 100 valence electrons. The number of aromatic nitrogens is 2. The molecule has 0 aliphatic rings. The van der Waals surface area contributed by atoms with Gasteiger partial charge in [0.1, 0.15) is 11.6 Å². The molecule has 20 heavy (non-hydrogen) atoms. The molecule has 0 N–H and O–H groups in total. The maximum absolute atomic E-state index is 12.9. The lowest BCUT2D eigenvalue weighted by molar-refractivity contribution is 0.413. The van der Waals surface area contributed by atoms with Crippen molar-refractivity contribution < 1.29 is 13.7 Å². The lowest BCUT2D eigenvalue weighted by Gasteiger charge is -2.02. The van der Waals surface area contributed by atoms with E-state index in [0.29, 0.717) is 23.0 Å². The highest BCUT2D eigenvalue weighted by molar-refractivity contribution is 5.65. The van der Waals surface area contributed by atoms with Crippen LogP contribution in [0.2, 0.25) is 0 Å². The lowest BCUT2D eigenvalue weighted by Crippen LogP contribution is -1.88. The molecular formula is C15H11FN2O2. The Morgan fingerprint density at radius 3 is 2.55 bits per heavy atom. The van der Waals surface area contributed by atoms with Gasteiger partial charge in [-0.3, -0.25) is 0 Å². The standard InChI is InChI=1S/C15H11FN2O2/c1-19-13-5-3-2-4-12(13)14-17-15(20-18-14)10-6-8-11(16)9-7-10/h2-9H,1H3. The number of ether oxygens (including phenoxy) is 1. The van der Waals surface area contributed by atoms with Crippen LogP contribution in [-0.4, -0.2) is 17.3 Å². The molecule has 0 unspecified atom stereocenters. The quantitative estimate of drug-likeness (QED) is 0.730. The Kier molecular flexibility index (Phi) is 3.16. The van der Waals surface area contributed by atoms with Crippen molar-refractivity contribution in [3.63, 3.8) is 0 Å². The molecule has 0 fully saturated rings. The Morgan fingerprint density at radius 1 is 1.05 bits per heavy atom. The Hall–Kier alpha value is -2.69. The minimum absolute atomic E-state index is 0.307. The molecule has 2 aromatic carbocycles. The molecule has 0 aliphatic heterocycles. The van der Waals surface area contributed by atoms with Gasteiger partial charge in [0.2, 0.25) is 5.82 Å². The van der Waals surface area contributed by atoms with Crippen LogP contribution >= 0.6 is 0 Å². The first kappa shape index (κ1) is 12.3. The van der Waals surface area contributed by atoms with Crippen LogP contribution in [0.25, 0.3) is 22.8 Å². The number of benzene rings is 2. The van der Waals surface area contributed by atoms with Gasteiger partial charge in [0.05, 0.1) is 12.7 Å². The molecule has 1 heterocycles. The van der Waals surface area contributed by atoms with Gasteiger partial charge in [-0.25, -0.2) is 4.39 Å². The molecule has 4 nitrogen and oxygen atoms in total. The topological polar surface area (TPSA) is 48.2 Å². The third-order valence-electron chi connectivity index (χ3n) is 2.87. The van der Waals surface area contributed by atoms with Crippen LogP contribution in [0.3, 0.4) is 0 Å². The number of para-hydroxylation sites is 1. The number of hydrogen-bond donors (Lipinski definition) is 0. The van der Waals surface area contributed by atoms with Crippen molar-refractivity contribution >= 4 is 0 Å². The summed E-state index contributed by atoms with van der Waals surface area (Å²) in [6.45, 7) is 0. The Balaban J connectivity index is 2.00. The summed E-state index contributed by atoms with van der Waals surface area (Å²) in [5.41, 5.74) is 1.41. The SMILES string of the molecule is COc1ccccc1-c1noc(-c2ccc(F)cc2)n1. The second kappa shape index (κ2) is 5.13. The van der Waals surface area contributed by atoms with Crippen molar-refractivity contribution in [2.75, 3.05) is 7.11 Å². The van der Waals surface area contributed by atoms with Crippen molar-refractivity contribution in [2.24, 2.45) is 0 Å². The van der Waals surface area contributed by atoms with E-state index in [2.05, 4.69) is 10.1 Å². The van der Waals surface area contributed by atoms with E-state index in [-0.39, 0.29) is 5.82 Å². The van der Waals surface area contributed by atoms with Crippen LogP contribution in [0, 0.1) is 5.82 Å². The highest BCUT2D eigenvalue weighted by Gasteiger charge is 2.13.